The highest BCUT2D eigenvalue weighted by Gasteiger charge is 2.38. The van der Waals surface area contributed by atoms with E-state index < -0.39 is 18.0 Å². The highest BCUT2D eigenvalue weighted by Crippen LogP contribution is 2.22. The summed E-state index contributed by atoms with van der Waals surface area (Å²) < 4.78 is 4.66. The standard InChI is InChI=1S/C9H13NO4/c1-3-14-7(12)4-6-8(5(2)11)9(13)10-6/h4-5,8,11H,3H2,1-2H3,(H,10,13)/b6-4-/t5-,8-/m1/s1. The van der Waals surface area contributed by atoms with Crippen molar-refractivity contribution in [1.82, 2.24) is 5.32 Å². The number of nitrogens with one attached hydrogen (secondary N) is 1. The molecule has 0 unspecified atom stereocenters. The van der Waals surface area contributed by atoms with Gasteiger partial charge in [-0.3, -0.25) is 4.79 Å². The van der Waals surface area contributed by atoms with Crippen molar-refractivity contribution in [2.75, 3.05) is 6.61 Å². The second-order valence-electron chi connectivity index (χ2n) is 3.06. The molecule has 0 aromatic carbocycles. The molecule has 1 aliphatic rings. The number of carbonyl (C=O) groups excluding carboxylic acids is 2. The fourth-order valence-electron chi connectivity index (χ4n) is 1.28. The lowest BCUT2D eigenvalue weighted by Crippen LogP contribution is -2.51. The summed E-state index contributed by atoms with van der Waals surface area (Å²) in [6, 6.07) is 0. The molecule has 5 heteroatoms. The second-order valence-corrected chi connectivity index (χ2v) is 3.06. The monoisotopic (exact) mass is 199 g/mol. The maximum Gasteiger partial charge on any atom is 0.332 e. The van der Waals surface area contributed by atoms with Gasteiger partial charge in [0.1, 0.15) is 5.92 Å². The van der Waals surface area contributed by atoms with Gasteiger partial charge in [0, 0.05) is 11.8 Å². The number of carbonyl (C=O) groups is 2. The van der Waals surface area contributed by atoms with Crippen molar-refractivity contribution in [3.63, 3.8) is 0 Å². The highest BCUT2D eigenvalue weighted by atomic mass is 16.5. The average Bonchev–Trinajstić information content (AvgIpc) is 2.01. The molecule has 0 spiro atoms. The van der Waals surface area contributed by atoms with Crippen LogP contribution in [-0.2, 0) is 14.3 Å². The number of aliphatic hydroxyl groups excluding tert-OH is 1. The van der Waals surface area contributed by atoms with Gasteiger partial charge in [0.05, 0.1) is 12.7 Å². The number of esters is 1. The van der Waals surface area contributed by atoms with Crippen LogP contribution >= 0.6 is 0 Å². The van der Waals surface area contributed by atoms with Crippen LogP contribution in [0.25, 0.3) is 0 Å². The van der Waals surface area contributed by atoms with E-state index in [0.29, 0.717) is 5.70 Å². The minimum absolute atomic E-state index is 0.268. The van der Waals surface area contributed by atoms with Crippen LogP contribution in [0.5, 0.6) is 0 Å². The van der Waals surface area contributed by atoms with Crippen LogP contribution in [0.3, 0.4) is 0 Å². The molecule has 1 fully saturated rings. The zero-order chi connectivity index (χ0) is 10.7. The summed E-state index contributed by atoms with van der Waals surface area (Å²) in [5.41, 5.74) is 0.420. The Morgan fingerprint density at radius 2 is 2.43 bits per heavy atom. The molecule has 1 heterocycles. The normalized spacial score (nSPS) is 25.2. The maximum atomic E-state index is 11.0. The van der Waals surface area contributed by atoms with E-state index in [-0.39, 0.29) is 12.5 Å². The van der Waals surface area contributed by atoms with Gasteiger partial charge in [-0.1, -0.05) is 0 Å². The summed E-state index contributed by atoms with van der Waals surface area (Å²) in [7, 11) is 0. The van der Waals surface area contributed by atoms with Crippen LogP contribution in [0, 0.1) is 5.92 Å². The van der Waals surface area contributed by atoms with Gasteiger partial charge in [-0.05, 0) is 13.8 Å². The van der Waals surface area contributed by atoms with Gasteiger partial charge >= 0.3 is 5.97 Å². The quantitative estimate of drug-likeness (QED) is 0.367. The summed E-state index contributed by atoms with van der Waals surface area (Å²) in [6.07, 6.45) is 0.409. The number of β-lactam (4-membered cyclic amide) rings is 1. The van der Waals surface area contributed by atoms with E-state index in [2.05, 4.69) is 10.1 Å². The Morgan fingerprint density at radius 1 is 1.79 bits per heavy atom. The van der Waals surface area contributed by atoms with Gasteiger partial charge in [0.15, 0.2) is 0 Å². The molecule has 0 aromatic heterocycles. The molecule has 1 rings (SSSR count). The van der Waals surface area contributed by atoms with Gasteiger partial charge in [0.2, 0.25) is 5.91 Å². The summed E-state index contributed by atoms with van der Waals surface area (Å²) >= 11 is 0. The van der Waals surface area contributed by atoms with E-state index in [1.165, 1.54) is 13.0 Å². The molecule has 2 N–H and O–H groups in total. The predicted molar refractivity (Wildman–Crippen MR) is 48.0 cm³/mol. The summed E-state index contributed by atoms with van der Waals surface area (Å²) in [5, 5.41) is 11.6. The van der Waals surface area contributed by atoms with E-state index in [1.807, 2.05) is 0 Å². The maximum absolute atomic E-state index is 11.0. The third kappa shape index (κ3) is 2.11. The SMILES string of the molecule is CCOC(=O)/C=C1\NC(=O)[C@@H]1[C@@H](C)O. The zero-order valence-corrected chi connectivity index (χ0v) is 8.11. The first-order chi connectivity index (χ1) is 6.56. The predicted octanol–water partition coefficient (Wildman–Crippen LogP) is -0.440. The lowest BCUT2D eigenvalue weighted by Gasteiger charge is -2.31. The van der Waals surface area contributed by atoms with E-state index in [0.717, 1.165) is 0 Å². The number of aliphatic hydroxyl groups is 1. The fraction of sp³-hybridized carbons (Fsp3) is 0.556. The average molecular weight is 199 g/mol. The van der Waals surface area contributed by atoms with Crippen LogP contribution in [0.15, 0.2) is 11.8 Å². The molecule has 2 atom stereocenters. The Bertz CT molecular complexity index is 283. The zero-order valence-electron chi connectivity index (χ0n) is 8.11. The lowest BCUT2D eigenvalue weighted by atomic mass is 9.91. The Morgan fingerprint density at radius 3 is 2.86 bits per heavy atom. The van der Waals surface area contributed by atoms with E-state index in [9.17, 15) is 14.7 Å². The van der Waals surface area contributed by atoms with Crippen molar-refractivity contribution < 1.29 is 19.4 Å². The summed E-state index contributed by atoms with van der Waals surface area (Å²) in [6.45, 7) is 3.49. The molecule has 1 amide bonds. The second kappa shape index (κ2) is 4.23. The largest absolute Gasteiger partial charge is 0.463 e. The Balaban J connectivity index is 2.62. The molecule has 5 nitrogen and oxygen atoms in total. The van der Waals surface area contributed by atoms with Gasteiger partial charge < -0.3 is 15.2 Å². The highest BCUT2D eigenvalue weighted by molar-refractivity contribution is 5.95. The molecule has 0 radical (unpaired) electrons. The molecule has 0 aromatic rings. The molecular formula is C9H13NO4. The Hall–Kier alpha value is -1.36. The first-order valence-electron chi connectivity index (χ1n) is 4.43. The van der Waals surface area contributed by atoms with Crippen LogP contribution in [-0.4, -0.2) is 29.7 Å². The molecule has 1 aliphatic heterocycles. The number of hydrogen-bond acceptors (Lipinski definition) is 4. The van der Waals surface area contributed by atoms with Crippen molar-refractivity contribution in [2.24, 2.45) is 5.92 Å². The van der Waals surface area contributed by atoms with Gasteiger partial charge in [-0.2, -0.15) is 0 Å². The van der Waals surface area contributed by atoms with E-state index in [4.69, 9.17) is 0 Å². The summed E-state index contributed by atoms with van der Waals surface area (Å²) in [5.74, 6) is -1.39. The fourth-order valence-corrected chi connectivity index (χ4v) is 1.28. The van der Waals surface area contributed by atoms with Gasteiger partial charge in [0.25, 0.3) is 0 Å². The lowest BCUT2D eigenvalue weighted by molar-refractivity contribution is -0.137. The van der Waals surface area contributed by atoms with Crippen LogP contribution in [0.2, 0.25) is 0 Å². The van der Waals surface area contributed by atoms with Crippen molar-refractivity contribution >= 4 is 11.9 Å². The van der Waals surface area contributed by atoms with Crippen LogP contribution in [0.1, 0.15) is 13.8 Å². The Labute approximate surface area is 81.7 Å². The number of rotatable bonds is 3. The third-order valence-corrected chi connectivity index (χ3v) is 1.93. The van der Waals surface area contributed by atoms with Gasteiger partial charge in [-0.15, -0.1) is 0 Å². The smallest absolute Gasteiger partial charge is 0.332 e. The molecule has 0 bridgehead atoms. The number of amides is 1. The van der Waals surface area contributed by atoms with Gasteiger partial charge in [-0.25, -0.2) is 4.79 Å². The topological polar surface area (TPSA) is 75.6 Å². The van der Waals surface area contributed by atoms with E-state index >= 15 is 0 Å². The first-order valence-corrected chi connectivity index (χ1v) is 4.43. The number of hydrogen-bond donors (Lipinski definition) is 2. The minimum Gasteiger partial charge on any atom is -0.463 e. The molecule has 0 aliphatic carbocycles. The molecule has 14 heavy (non-hydrogen) atoms. The number of ether oxygens (including phenoxy) is 1. The Kier molecular flexibility index (Phi) is 3.24. The van der Waals surface area contributed by atoms with Crippen molar-refractivity contribution in [3.05, 3.63) is 11.8 Å². The van der Waals surface area contributed by atoms with Crippen molar-refractivity contribution in [3.8, 4) is 0 Å². The molecular weight excluding hydrogens is 186 g/mol. The first kappa shape index (κ1) is 10.7. The molecule has 1 saturated heterocycles. The minimum atomic E-state index is -0.788. The summed E-state index contributed by atoms with van der Waals surface area (Å²) in [4.78, 5) is 21.9. The van der Waals surface area contributed by atoms with Crippen molar-refractivity contribution in [2.45, 2.75) is 20.0 Å². The molecule has 78 valence electrons. The molecule has 0 saturated carbocycles. The van der Waals surface area contributed by atoms with E-state index in [1.54, 1.807) is 6.92 Å². The van der Waals surface area contributed by atoms with Crippen molar-refractivity contribution in [1.29, 1.82) is 0 Å². The van der Waals surface area contributed by atoms with Crippen LogP contribution < -0.4 is 5.32 Å². The van der Waals surface area contributed by atoms with Crippen LogP contribution in [0.4, 0.5) is 0 Å². The third-order valence-electron chi connectivity index (χ3n) is 1.93.